The number of hydrogen-bond donors (Lipinski definition) is 0. The molecule has 1 unspecified atom stereocenters. The van der Waals surface area contributed by atoms with Crippen LogP contribution in [0.15, 0.2) is 34.5 Å². The first kappa shape index (κ1) is 17.7. The molecular weight excluding hydrogens is 318 g/mol. The molecule has 0 spiro atoms. The molecule has 0 radical (unpaired) electrons. The first-order valence-electron chi connectivity index (χ1n) is 9.06. The number of nitrogens with zero attached hydrogens (tertiary/aromatic N) is 3. The third-order valence-corrected chi connectivity index (χ3v) is 5.10. The molecule has 1 fully saturated rings. The molecule has 1 aromatic heterocycles. The second kappa shape index (κ2) is 7.87. The molecule has 25 heavy (non-hydrogen) atoms. The summed E-state index contributed by atoms with van der Waals surface area (Å²) >= 11 is 0. The van der Waals surface area contributed by atoms with Crippen LogP contribution < -0.4 is 0 Å². The Hall–Kier alpha value is -2.08. The van der Waals surface area contributed by atoms with Crippen LogP contribution in [-0.2, 0) is 4.79 Å². The van der Waals surface area contributed by atoms with Crippen molar-refractivity contribution in [2.75, 3.05) is 39.8 Å². The fraction of sp³-hybridized carbons (Fsp3) is 0.579. The lowest BCUT2D eigenvalue weighted by molar-refractivity contribution is -0.135. The predicted octanol–water partition coefficient (Wildman–Crippen LogP) is 1.99. The SMILES string of the molecule is CC(C(=O)N1CCCC1)N1CCC=C(CN(C)C(=O)c2ccco2)C1. The van der Waals surface area contributed by atoms with Gasteiger partial charge in [-0.15, -0.1) is 0 Å². The molecule has 0 saturated carbocycles. The summed E-state index contributed by atoms with van der Waals surface area (Å²) in [5, 5.41) is 0. The molecule has 3 heterocycles. The Morgan fingerprint density at radius 1 is 1.28 bits per heavy atom. The molecule has 2 aliphatic heterocycles. The van der Waals surface area contributed by atoms with E-state index in [1.54, 1.807) is 24.1 Å². The summed E-state index contributed by atoms with van der Waals surface area (Å²) in [5.74, 6) is 0.469. The van der Waals surface area contributed by atoms with Crippen molar-refractivity contribution in [1.29, 1.82) is 0 Å². The van der Waals surface area contributed by atoms with Gasteiger partial charge >= 0.3 is 0 Å². The van der Waals surface area contributed by atoms with Gasteiger partial charge in [-0.05, 0) is 43.9 Å². The van der Waals surface area contributed by atoms with Gasteiger partial charge < -0.3 is 14.2 Å². The van der Waals surface area contributed by atoms with Gasteiger partial charge in [0.1, 0.15) is 0 Å². The Labute approximate surface area is 149 Å². The van der Waals surface area contributed by atoms with Crippen LogP contribution in [0, 0.1) is 0 Å². The lowest BCUT2D eigenvalue weighted by Gasteiger charge is -2.34. The van der Waals surface area contributed by atoms with Crippen molar-refractivity contribution in [3.8, 4) is 0 Å². The van der Waals surface area contributed by atoms with Gasteiger partial charge in [0.2, 0.25) is 5.91 Å². The molecular formula is C19H27N3O3. The standard InChI is InChI=1S/C19H27N3O3/c1-15(18(23)21-9-3-4-10-21)22-11-5-7-16(14-22)13-20(2)19(24)17-8-6-12-25-17/h6-8,12,15H,3-5,9-11,13-14H2,1-2H3. The van der Waals surface area contributed by atoms with Crippen molar-refractivity contribution in [3.63, 3.8) is 0 Å². The molecule has 2 aliphatic rings. The Bertz CT molecular complexity index is 632. The zero-order valence-electron chi connectivity index (χ0n) is 15.1. The topological polar surface area (TPSA) is 57.0 Å². The zero-order chi connectivity index (χ0) is 17.8. The monoisotopic (exact) mass is 345 g/mol. The molecule has 0 aromatic carbocycles. The number of amides is 2. The molecule has 136 valence electrons. The summed E-state index contributed by atoms with van der Waals surface area (Å²) < 4.78 is 5.18. The van der Waals surface area contributed by atoms with Crippen molar-refractivity contribution >= 4 is 11.8 Å². The number of carbonyl (C=O) groups excluding carboxylic acids is 2. The van der Waals surface area contributed by atoms with E-state index in [0.717, 1.165) is 45.4 Å². The third-order valence-electron chi connectivity index (χ3n) is 5.10. The largest absolute Gasteiger partial charge is 0.459 e. The maximum Gasteiger partial charge on any atom is 0.289 e. The van der Waals surface area contributed by atoms with Crippen LogP contribution in [0.2, 0.25) is 0 Å². The summed E-state index contributed by atoms with van der Waals surface area (Å²) in [5.41, 5.74) is 1.18. The lowest BCUT2D eigenvalue weighted by atomic mass is 10.1. The third kappa shape index (κ3) is 4.12. The van der Waals surface area contributed by atoms with E-state index in [1.807, 2.05) is 11.8 Å². The molecule has 3 rings (SSSR count). The minimum absolute atomic E-state index is 0.104. The first-order valence-corrected chi connectivity index (χ1v) is 9.06. The normalized spacial score (nSPS) is 19.6. The highest BCUT2D eigenvalue weighted by Gasteiger charge is 2.29. The van der Waals surface area contributed by atoms with Crippen LogP contribution in [0.4, 0.5) is 0 Å². The van der Waals surface area contributed by atoms with Gasteiger partial charge in [-0.1, -0.05) is 6.08 Å². The van der Waals surface area contributed by atoms with Gasteiger partial charge in [-0.2, -0.15) is 0 Å². The molecule has 0 aliphatic carbocycles. The number of furan rings is 1. The smallest absolute Gasteiger partial charge is 0.289 e. The first-order chi connectivity index (χ1) is 12.1. The molecule has 0 N–H and O–H groups in total. The lowest BCUT2D eigenvalue weighted by Crippen LogP contribution is -2.48. The Morgan fingerprint density at radius 2 is 2.04 bits per heavy atom. The van der Waals surface area contributed by atoms with Crippen molar-refractivity contribution in [3.05, 3.63) is 35.8 Å². The second-order valence-corrected chi connectivity index (χ2v) is 6.97. The molecule has 1 atom stereocenters. The van der Waals surface area contributed by atoms with Crippen molar-refractivity contribution in [2.24, 2.45) is 0 Å². The maximum atomic E-state index is 12.6. The van der Waals surface area contributed by atoms with Gasteiger partial charge in [-0.3, -0.25) is 14.5 Å². The van der Waals surface area contributed by atoms with E-state index in [2.05, 4.69) is 11.0 Å². The van der Waals surface area contributed by atoms with Crippen molar-refractivity contribution in [1.82, 2.24) is 14.7 Å². The fourth-order valence-electron chi connectivity index (χ4n) is 3.61. The van der Waals surface area contributed by atoms with Crippen LogP contribution >= 0.6 is 0 Å². The molecule has 6 heteroatoms. The van der Waals surface area contributed by atoms with Gasteiger partial charge in [0.15, 0.2) is 5.76 Å². The predicted molar refractivity (Wildman–Crippen MR) is 95.2 cm³/mol. The molecule has 1 aromatic rings. The highest BCUT2D eigenvalue weighted by Crippen LogP contribution is 2.18. The summed E-state index contributed by atoms with van der Waals surface area (Å²) in [6.45, 7) is 5.96. The van der Waals surface area contributed by atoms with Crippen LogP contribution in [0.1, 0.15) is 36.7 Å². The second-order valence-electron chi connectivity index (χ2n) is 6.97. The van der Waals surface area contributed by atoms with E-state index in [-0.39, 0.29) is 17.9 Å². The minimum atomic E-state index is -0.121. The van der Waals surface area contributed by atoms with E-state index in [4.69, 9.17) is 4.42 Å². The summed E-state index contributed by atoms with van der Waals surface area (Å²) in [7, 11) is 1.78. The Balaban J connectivity index is 1.56. The number of likely N-dealkylation sites (N-methyl/N-ethyl adjacent to an activating group) is 1. The molecule has 2 amide bonds. The molecule has 0 bridgehead atoms. The summed E-state index contributed by atoms with van der Waals surface area (Å²) in [6, 6.07) is 3.29. The van der Waals surface area contributed by atoms with E-state index in [9.17, 15) is 9.59 Å². The van der Waals surface area contributed by atoms with Gasteiger partial charge in [0, 0.05) is 39.8 Å². The maximum absolute atomic E-state index is 12.6. The summed E-state index contributed by atoms with van der Waals surface area (Å²) in [6.07, 6.45) is 6.84. The van der Waals surface area contributed by atoms with Crippen molar-refractivity contribution < 1.29 is 14.0 Å². The number of hydrogen-bond acceptors (Lipinski definition) is 4. The fourth-order valence-corrected chi connectivity index (χ4v) is 3.61. The average molecular weight is 345 g/mol. The highest BCUT2D eigenvalue weighted by molar-refractivity contribution is 5.91. The Kier molecular flexibility index (Phi) is 5.58. The van der Waals surface area contributed by atoms with E-state index < -0.39 is 0 Å². The van der Waals surface area contributed by atoms with E-state index in [1.165, 1.54) is 11.8 Å². The minimum Gasteiger partial charge on any atom is -0.459 e. The van der Waals surface area contributed by atoms with E-state index >= 15 is 0 Å². The highest BCUT2D eigenvalue weighted by atomic mass is 16.3. The number of carbonyl (C=O) groups is 2. The summed E-state index contributed by atoms with van der Waals surface area (Å²) in [4.78, 5) is 30.8. The quantitative estimate of drug-likeness (QED) is 0.766. The van der Waals surface area contributed by atoms with E-state index in [0.29, 0.717) is 12.3 Å². The Morgan fingerprint density at radius 3 is 2.72 bits per heavy atom. The molecule has 1 saturated heterocycles. The zero-order valence-corrected chi connectivity index (χ0v) is 15.1. The van der Waals surface area contributed by atoms with Crippen LogP contribution in [0.3, 0.4) is 0 Å². The van der Waals surface area contributed by atoms with Gasteiger partial charge in [-0.25, -0.2) is 0 Å². The van der Waals surface area contributed by atoms with Crippen LogP contribution in [-0.4, -0.2) is 72.3 Å². The van der Waals surface area contributed by atoms with Gasteiger partial charge in [0.05, 0.1) is 12.3 Å². The van der Waals surface area contributed by atoms with Gasteiger partial charge in [0.25, 0.3) is 5.91 Å². The number of rotatable bonds is 5. The average Bonchev–Trinajstić information content (AvgIpc) is 3.33. The van der Waals surface area contributed by atoms with Crippen LogP contribution in [0.5, 0.6) is 0 Å². The van der Waals surface area contributed by atoms with Crippen LogP contribution in [0.25, 0.3) is 0 Å². The molecule has 6 nitrogen and oxygen atoms in total. The number of likely N-dealkylation sites (tertiary alicyclic amines) is 1. The van der Waals surface area contributed by atoms with Crippen molar-refractivity contribution in [2.45, 2.75) is 32.2 Å².